The van der Waals surface area contributed by atoms with Crippen LogP contribution in [-0.2, 0) is 16.1 Å². The predicted octanol–water partition coefficient (Wildman–Crippen LogP) is 5.40. The van der Waals surface area contributed by atoms with Gasteiger partial charge in [0.15, 0.2) is 0 Å². The fraction of sp³-hybridized carbons (Fsp3) is 0.261. The van der Waals surface area contributed by atoms with E-state index in [4.69, 9.17) is 34.8 Å². The van der Waals surface area contributed by atoms with Crippen LogP contribution < -0.4 is 0 Å². The molecule has 1 aliphatic carbocycles. The Balaban J connectivity index is 1.73. The van der Waals surface area contributed by atoms with Gasteiger partial charge >= 0.3 is 0 Å². The number of carbonyl (C=O) groups excluding carboxylic acids is 3. The van der Waals surface area contributed by atoms with E-state index in [9.17, 15) is 14.4 Å². The fourth-order valence-electron chi connectivity index (χ4n) is 4.15. The summed E-state index contributed by atoms with van der Waals surface area (Å²) in [4.78, 5) is 40.0. The molecule has 0 N–H and O–H groups in total. The lowest BCUT2D eigenvalue weighted by molar-refractivity contribution is -0.155. The number of fused-ring (bicyclic) bond motifs is 1. The van der Waals surface area contributed by atoms with Crippen molar-refractivity contribution in [2.75, 3.05) is 0 Å². The van der Waals surface area contributed by atoms with E-state index in [-0.39, 0.29) is 24.3 Å². The van der Waals surface area contributed by atoms with Crippen LogP contribution in [0.25, 0.3) is 0 Å². The Labute approximate surface area is 195 Å². The van der Waals surface area contributed by atoms with Gasteiger partial charge < -0.3 is 0 Å². The van der Waals surface area contributed by atoms with Crippen molar-refractivity contribution in [3.05, 3.63) is 80.8 Å². The molecule has 0 bridgehead atoms. The van der Waals surface area contributed by atoms with Gasteiger partial charge in [0, 0.05) is 10.6 Å². The Morgan fingerprint density at radius 3 is 2.39 bits per heavy atom. The molecule has 2 aromatic rings. The van der Waals surface area contributed by atoms with Crippen LogP contribution in [0.5, 0.6) is 0 Å². The van der Waals surface area contributed by atoms with E-state index < -0.39 is 17.7 Å². The molecule has 1 aliphatic heterocycles. The highest BCUT2D eigenvalue weighted by Gasteiger charge is 2.53. The molecule has 5 nitrogen and oxygen atoms in total. The molecule has 2 aromatic carbocycles. The Hall–Kier alpha value is -2.34. The van der Waals surface area contributed by atoms with Crippen molar-refractivity contribution < 1.29 is 14.4 Å². The number of hydrogen-bond donors (Lipinski definition) is 0. The zero-order chi connectivity index (χ0) is 22.3. The van der Waals surface area contributed by atoms with Crippen molar-refractivity contribution in [3.63, 3.8) is 0 Å². The van der Waals surface area contributed by atoms with Crippen molar-refractivity contribution in [1.82, 2.24) is 10.0 Å². The molecule has 8 heteroatoms. The largest absolute Gasteiger partial charge is 0.273 e. The highest BCUT2D eigenvalue weighted by molar-refractivity contribution is 6.42. The van der Waals surface area contributed by atoms with E-state index in [1.807, 2.05) is 19.1 Å². The van der Waals surface area contributed by atoms with Crippen molar-refractivity contribution >= 4 is 52.5 Å². The van der Waals surface area contributed by atoms with Gasteiger partial charge in [0.1, 0.15) is 0 Å². The summed E-state index contributed by atoms with van der Waals surface area (Å²) in [7, 11) is 0. The number of rotatable bonds is 4. The topological polar surface area (TPSA) is 57.7 Å². The number of hydrazine groups is 1. The van der Waals surface area contributed by atoms with Gasteiger partial charge in [0.05, 0.1) is 28.4 Å². The molecule has 0 spiro atoms. The van der Waals surface area contributed by atoms with Crippen molar-refractivity contribution in [2.45, 2.75) is 19.9 Å². The molecular weight excluding hydrogens is 459 g/mol. The normalized spacial score (nSPS) is 22.6. The summed E-state index contributed by atoms with van der Waals surface area (Å²) in [6, 6.07) is 11.2. The average Bonchev–Trinajstić information content (AvgIpc) is 3.00. The summed E-state index contributed by atoms with van der Waals surface area (Å²) >= 11 is 18.1. The Morgan fingerprint density at radius 1 is 1.03 bits per heavy atom. The highest BCUT2D eigenvalue weighted by atomic mass is 35.5. The smallest absolute Gasteiger partial charge is 0.272 e. The molecule has 3 amide bonds. The SMILES string of the molecule is C[C@@H]1C=CC[C@H]2C(=O)N(N(Cc3ccc(Cl)c(Cl)c3)C(=O)c3ccc(Cl)cc3)C(=O)[C@@H]12. The maximum atomic E-state index is 13.4. The van der Waals surface area contributed by atoms with Crippen LogP contribution >= 0.6 is 34.8 Å². The van der Waals surface area contributed by atoms with Gasteiger partial charge in [-0.1, -0.05) is 59.9 Å². The van der Waals surface area contributed by atoms with Gasteiger partial charge in [-0.3, -0.25) is 14.4 Å². The minimum Gasteiger partial charge on any atom is -0.272 e. The number of allylic oxidation sites excluding steroid dienone is 2. The number of hydrogen-bond acceptors (Lipinski definition) is 3. The van der Waals surface area contributed by atoms with Crippen LogP contribution in [0, 0.1) is 17.8 Å². The summed E-state index contributed by atoms with van der Waals surface area (Å²) in [5.74, 6) is -2.25. The lowest BCUT2D eigenvalue weighted by Gasteiger charge is -2.31. The molecule has 1 heterocycles. The Bertz CT molecular complexity index is 1080. The standard InChI is InChI=1S/C23H19Cl3N2O3/c1-13-3-2-4-17-20(13)23(31)28(22(17)30)27(12-14-5-10-18(25)19(26)11-14)21(29)15-6-8-16(24)9-7-15/h2-3,5-11,13,17,20H,4,12H2,1H3/t13-,17-,20+/m1/s1. The van der Waals surface area contributed by atoms with E-state index in [0.29, 0.717) is 32.6 Å². The molecule has 1 saturated heterocycles. The minimum atomic E-state index is -0.483. The summed E-state index contributed by atoms with van der Waals surface area (Å²) in [6.45, 7) is 1.89. The maximum Gasteiger partial charge on any atom is 0.273 e. The van der Waals surface area contributed by atoms with Gasteiger partial charge in [-0.05, 0) is 54.3 Å². The van der Waals surface area contributed by atoms with E-state index in [0.717, 1.165) is 5.01 Å². The van der Waals surface area contributed by atoms with E-state index >= 15 is 0 Å². The second kappa shape index (κ2) is 8.65. The minimum absolute atomic E-state index is 0.0168. The van der Waals surface area contributed by atoms with E-state index in [1.165, 1.54) is 5.01 Å². The second-order valence-corrected chi connectivity index (χ2v) is 9.01. The third kappa shape index (κ3) is 4.10. The number of benzene rings is 2. The Kier molecular flexibility index (Phi) is 6.11. The highest BCUT2D eigenvalue weighted by Crippen LogP contribution is 2.39. The molecule has 1 fully saturated rings. The summed E-state index contributed by atoms with van der Waals surface area (Å²) in [5, 5.41) is 3.38. The number of nitrogens with zero attached hydrogens (tertiary/aromatic N) is 2. The van der Waals surface area contributed by atoms with Crippen molar-refractivity contribution in [2.24, 2.45) is 17.8 Å². The first-order valence-electron chi connectivity index (χ1n) is 9.83. The van der Waals surface area contributed by atoms with Crippen LogP contribution in [0.3, 0.4) is 0 Å². The number of amides is 3. The van der Waals surface area contributed by atoms with Crippen molar-refractivity contribution in [3.8, 4) is 0 Å². The lowest BCUT2D eigenvalue weighted by Crippen LogP contribution is -2.50. The summed E-state index contributed by atoms with van der Waals surface area (Å²) in [6.07, 6.45) is 4.34. The monoisotopic (exact) mass is 476 g/mol. The van der Waals surface area contributed by atoms with Crippen LogP contribution in [0.4, 0.5) is 0 Å². The zero-order valence-electron chi connectivity index (χ0n) is 16.6. The third-order valence-corrected chi connectivity index (χ3v) is 6.72. The zero-order valence-corrected chi connectivity index (χ0v) is 18.9. The molecule has 0 saturated carbocycles. The molecule has 3 atom stereocenters. The molecule has 0 radical (unpaired) electrons. The lowest BCUT2D eigenvalue weighted by atomic mass is 9.78. The van der Waals surface area contributed by atoms with Crippen LogP contribution in [-0.4, -0.2) is 27.7 Å². The van der Waals surface area contributed by atoms with Gasteiger partial charge in [0.25, 0.3) is 17.7 Å². The van der Waals surface area contributed by atoms with Gasteiger partial charge in [-0.25, -0.2) is 5.01 Å². The molecule has 4 rings (SSSR count). The van der Waals surface area contributed by atoms with Crippen LogP contribution in [0.1, 0.15) is 29.3 Å². The number of imide groups is 1. The first-order chi connectivity index (χ1) is 14.8. The van der Waals surface area contributed by atoms with E-state index in [1.54, 1.807) is 42.5 Å². The van der Waals surface area contributed by atoms with Gasteiger partial charge in [0.2, 0.25) is 0 Å². The molecular formula is C23H19Cl3N2O3. The second-order valence-electron chi connectivity index (χ2n) is 7.76. The van der Waals surface area contributed by atoms with Gasteiger partial charge in [-0.15, -0.1) is 0 Å². The fourth-order valence-corrected chi connectivity index (χ4v) is 4.60. The number of carbonyl (C=O) groups is 3. The molecule has 160 valence electrons. The molecule has 31 heavy (non-hydrogen) atoms. The summed E-state index contributed by atoms with van der Waals surface area (Å²) in [5.41, 5.74) is 0.949. The van der Waals surface area contributed by atoms with E-state index in [2.05, 4.69) is 0 Å². The molecule has 2 aliphatic rings. The van der Waals surface area contributed by atoms with Crippen LogP contribution in [0.15, 0.2) is 54.6 Å². The first-order valence-corrected chi connectivity index (χ1v) is 11.0. The predicted molar refractivity (Wildman–Crippen MR) is 120 cm³/mol. The summed E-state index contributed by atoms with van der Waals surface area (Å²) < 4.78 is 0. The van der Waals surface area contributed by atoms with Gasteiger partial charge in [-0.2, -0.15) is 5.01 Å². The molecule has 0 unspecified atom stereocenters. The average molecular weight is 478 g/mol. The van der Waals surface area contributed by atoms with Crippen molar-refractivity contribution in [1.29, 1.82) is 0 Å². The van der Waals surface area contributed by atoms with Crippen LogP contribution in [0.2, 0.25) is 15.1 Å². The quantitative estimate of drug-likeness (QED) is 0.437. The molecule has 0 aromatic heterocycles. The Morgan fingerprint density at radius 2 is 1.74 bits per heavy atom. The maximum absolute atomic E-state index is 13.4. The number of halogens is 3. The third-order valence-electron chi connectivity index (χ3n) is 5.73. The first kappa shape index (κ1) is 21.9.